The Morgan fingerprint density at radius 2 is 1.85 bits per heavy atom. The molecule has 1 amide bonds. The quantitative estimate of drug-likeness (QED) is 0.707. The predicted octanol–water partition coefficient (Wildman–Crippen LogP) is 3.30. The van der Waals surface area contributed by atoms with Gasteiger partial charge in [0.15, 0.2) is 0 Å². The van der Waals surface area contributed by atoms with Gasteiger partial charge in [0.1, 0.15) is 11.5 Å². The summed E-state index contributed by atoms with van der Waals surface area (Å²) < 4.78 is 15.1. The molecule has 0 saturated carbocycles. The highest BCUT2D eigenvalue weighted by Crippen LogP contribution is 2.20. The van der Waals surface area contributed by atoms with Crippen molar-refractivity contribution in [1.29, 1.82) is 0 Å². The smallest absolute Gasteiger partial charge is 0.274 e. The Bertz CT molecular complexity index is 985. The molecule has 3 rings (SSSR count). The number of halogens is 2. The Morgan fingerprint density at radius 3 is 2.54 bits per heavy atom. The highest BCUT2D eigenvalue weighted by Gasteiger charge is 2.18. The number of nitrogens with zero attached hydrogens (tertiary/aromatic N) is 3. The van der Waals surface area contributed by atoms with E-state index in [9.17, 15) is 14.0 Å². The fraction of sp³-hybridized carbons (Fsp3) is 0.105. The van der Waals surface area contributed by atoms with Crippen molar-refractivity contribution in [2.24, 2.45) is 0 Å². The summed E-state index contributed by atoms with van der Waals surface area (Å²) in [5.41, 5.74) is 0.490. The first kappa shape index (κ1) is 17.8. The minimum atomic E-state index is -0.487. The van der Waals surface area contributed by atoms with Gasteiger partial charge in [-0.25, -0.2) is 4.39 Å². The Balaban J connectivity index is 1.89. The summed E-state index contributed by atoms with van der Waals surface area (Å²) in [6.07, 6.45) is 0. The van der Waals surface area contributed by atoms with Crippen molar-refractivity contribution in [3.8, 4) is 5.69 Å². The maximum Gasteiger partial charge on any atom is 0.274 e. The van der Waals surface area contributed by atoms with Crippen LogP contribution in [-0.4, -0.2) is 27.6 Å². The van der Waals surface area contributed by atoms with Gasteiger partial charge in [-0.3, -0.25) is 9.59 Å². The van der Waals surface area contributed by atoms with Crippen LogP contribution in [0.4, 0.5) is 4.39 Å². The first-order chi connectivity index (χ1) is 12.5. The van der Waals surface area contributed by atoms with Gasteiger partial charge in [-0.2, -0.15) is 9.78 Å². The summed E-state index contributed by atoms with van der Waals surface area (Å²) in [5.74, 6) is -0.937. The van der Waals surface area contributed by atoms with E-state index >= 15 is 0 Å². The molecule has 0 aliphatic heterocycles. The van der Waals surface area contributed by atoms with E-state index in [-0.39, 0.29) is 28.4 Å². The summed E-state index contributed by atoms with van der Waals surface area (Å²) in [4.78, 5) is 26.0. The van der Waals surface area contributed by atoms with Gasteiger partial charge in [0, 0.05) is 23.7 Å². The number of amides is 1. The van der Waals surface area contributed by atoms with Crippen LogP contribution < -0.4 is 5.56 Å². The van der Waals surface area contributed by atoms with Gasteiger partial charge < -0.3 is 4.90 Å². The Kier molecular flexibility index (Phi) is 5.14. The van der Waals surface area contributed by atoms with Crippen LogP contribution in [0.5, 0.6) is 0 Å². The average Bonchev–Trinajstić information content (AvgIpc) is 2.65. The first-order valence-corrected chi connectivity index (χ1v) is 8.19. The molecule has 5 nitrogen and oxygen atoms in total. The number of hydrogen-bond acceptors (Lipinski definition) is 3. The van der Waals surface area contributed by atoms with E-state index in [1.165, 1.54) is 36.2 Å². The van der Waals surface area contributed by atoms with E-state index in [1.807, 2.05) is 6.07 Å². The number of hydrogen-bond donors (Lipinski definition) is 0. The zero-order chi connectivity index (χ0) is 18.7. The summed E-state index contributed by atoms with van der Waals surface area (Å²) in [6, 6.07) is 15.8. The topological polar surface area (TPSA) is 55.2 Å². The van der Waals surface area contributed by atoms with Crippen LogP contribution in [0.1, 0.15) is 16.1 Å². The SMILES string of the molecule is CN(Cc1c(F)cccc1Cl)C(=O)c1ccc(=O)n(-c2ccccc2)n1. The Labute approximate surface area is 154 Å². The molecular weight excluding hydrogens is 357 g/mol. The molecular formula is C19H15ClFN3O2. The zero-order valence-electron chi connectivity index (χ0n) is 13.9. The largest absolute Gasteiger partial charge is 0.336 e. The monoisotopic (exact) mass is 371 g/mol. The van der Waals surface area contributed by atoms with Crippen LogP contribution in [0.3, 0.4) is 0 Å². The molecule has 26 heavy (non-hydrogen) atoms. The van der Waals surface area contributed by atoms with E-state index in [0.29, 0.717) is 5.69 Å². The third kappa shape index (κ3) is 3.65. The minimum Gasteiger partial charge on any atom is -0.336 e. The first-order valence-electron chi connectivity index (χ1n) is 7.81. The second kappa shape index (κ2) is 7.49. The third-order valence-corrected chi connectivity index (χ3v) is 4.18. The molecule has 0 unspecified atom stereocenters. The van der Waals surface area contributed by atoms with Crippen molar-refractivity contribution < 1.29 is 9.18 Å². The Morgan fingerprint density at radius 1 is 1.12 bits per heavy atom. The van der Waals surface area contributed by atoms with Crippen molar-refractivity contribution >= 4 is 17.5 Å². The van der Waals surface area contributed by atoms with Crippen LogP contribution in [0.25, 0.3) is 5.69 Å². The summed E-state index contributed by atoms with van der Waals surface area (Å²) in [6.45, 7) is -0.0174. The fourth-order valence-electron chi connectivity index (χ4n) is 2.47. The molecule has 0 spiro atoms. The summed E-state index contributed by atoms with van der Waals surface area (Å²) in [5, 5.41) is 4.38. The van der Waals surface area contributed by atoms with Crippen LogP contribution in [0, 0.1) is 5.82 Å². The van der Waals surface area contributed by atoms with Crippen molar-refractivity contribution in [2.75, 3.05) is 7.05 Å². The van der Waals surface area contributed by atoms with E-state index in [1.54, 1.807) is 30.3 Å². The molecule has 2 aromatic carbocycles. The molecule has 0 aliphatic carbocycles. The lowest BCUT2D eigenvalue weighted by Crippen LogP contribution is -2.30. The lowest BCUT2D eigenvalue weighted by atomic mass is 10.2. The fourth-order valence-corrected chi connectivity index (χ4v) is 2.69. The van der Waals surface area contributed by atoms with E-state index in [4.69, 9.17) is 11.6 Å². The summed E-state index contributed by atoms with van der Waals surface area (Å²) >= 11 is 6.01. The number of aromatic nitrogens is 2. The van der Waals surface area contributed by atoms with Gasteiger partial charge in [-0.05, 0) is 30.3 Å². The number of carbonyl (C=O) groups is 1. The van der Waals surface area contributed by atoms with Gasteiger partial charge in [0.25, 0.3) is 11.5 Å². The number of rotatable bonds is 4. The molecule has 1 aromatic heterocycles. The van der Waals surface area contributed by atoms with Gasteiger partial charge >= 0.3 is 0 Å². The standard InChI is InChI=1S/C19H15ClFN3O2/c1-23(12-14-15(20)8-5-9-16(14)21)19(26)17-10-11-18(25)24(22-17)13-6-3-2-4-7-13/h2-11H,12H2,1H3. The normalized spacial score (nSPS) is 10.6. The van der Waals surface area contributed by atoms with Crippen molar-refractivity contribution in [2.45, 2.75) is 6.54 Å². The molecule has 0 bridgehead atoms. The van der Waals surface area contributed by atoms with E-state index in [2.05, 4.69) is 5.10 Å². The maximum absolute atomic E-state index is 13.9. The molecule has 132 valence electrons. The Hall–Kier alpha value is -2.99. The minimum absolute atomic E-state index is 0.0174. The molecule has 0 saturated heterocycles. The number of carbonyl (C=O) groups excluding carboxylic acids is 1. The second-order valence-corrected chi connectivity index (χ2v) is 6.07. The van der Waals surface area contributed by atoms with Crippen LogP contribution in [0.2, 0.25) is 5.02 Å². The lowest BCUT2D eigenvalue weighted by Gasteiger charge is -2.18. The molecule has 3 aromatic rings. The zero-order valence-corrected chi connectivity index (χ0v) is 14.7. The van der Waals surface area contributed by atoms with Gasteiger partial charge in [-0.15, -0.1) is 0 Å². The van der Waals surface area contributed by atoms with Crippen LogP contribution in [-0.2, 0) is 6.54 Å². The van der Waals surface area contributed by atoms with Crippen LogP contribution in [0.15, 0.2) is 65.5 Å². The molecule has 0 N–H and O–H groups in total. The van der Waals surface area contributed by atoms with Gasteiger partial charge in [0.05, 0.1) is 12.2 Å². The van der Waals surface area contributed by atoms with Gasteiger partial charge in [-0.1, -0.05) is 35.9 Å². The molecule has 0 radical (unpaired) electrons. The third-order valence-electron chi connectivity index (χ3n) is 3.82. The number of benzene rings is 2. The second-order valence-electron chi connectivity index (χ2n) is 5.67. The lowest BCUT2D eigenvalue weighted by molar-refractivity contribution is 0.0776. The maximum atomic E-state index is 13.9. The highest BCUT2D eigenvalue weighted by molar-refractivity contribution is 6.31. The van der Waals surface area contributed by atoms with Crippen molar-refractivity contribution in [3.05, 3.63) is 93.1 Å². The van der Waals surface area contributed by atoms with Crippen molar-refractivity contribution in [1.82, 2.24) is 14.7 Å². The molecule has 0 atom stereocenters. The molecule has 0 fully saturated rings. The van der Waals surface area contributed by atoms with Crippen molar-refractivity contribution in [3.63, 3.8) is 0 Å². The van der Waals surface area contributed by atoms with Crippen LogP contribution >= 0.6 is 11.6 Å². The molecule has 1 heterocycles. The molecule has 7 heteroatoms. The molecule has 0 aliphatic rings. The van der Waals surface area contributed by atoms with Gasteiger partial charge in [0.2, 0.25) is 0 Å². The van der Waals surface area contributed by atoms with E-state index in [0.717, 1.165) is 4.68 Å². The highest BCUT2D eigenvalue weighted by atomic mass is 35.5. The predicted molar refractivity (Wildman–Crippen MR) is 97.0 cm³/mol. The van der Waals surface area contributed by atoms with E-state index < -0.39 is 11.7 Å². The number of para-hydroxylation sites is 1. The average molecular weight is 372 g/mol. The summed E-state index contributed by atoms with van der Waals surface area (Å²) in [7, 11) is 1.52.